The lowest BCUT2D eigenvalue weighted by atomic mass is 10.1. The van der Waals surface area contributed by atoms with Crippen molar-refractivity contribution < 1.29 is 18.7 Å². The van der Waals surface area contributed by atoms with Crippen LogP contribution in [0.3, 0.4) is 0 Å². The third-order valence-corrected chi connectivity index (χ3v) is 4.48. The summed E-state index contributed by atoms with van der Waals surface area (Å²) in [6, 6.07) is 16.8. The standard InChI is InChI=1S/C24H20N4O4/c29-22(26-15-21-9-5-13-31-21)17-32-23(30)11-10-19-16-28(20-7-2-1-3-8-20)27-24(19)18-6-4-12-25-14-18/h1-14,16H,15,17H2,(H,26,29)/b11-10+. The summed E-state index contributed by atoms with van der Waals surface area (Å²) in [4.78, 5) is 28.1. The van der Waals surface area contributed by atoms with Gasteiger partial charge in [0.15, 0.2) is 6.61 Å². The number of carbonyl (C=O) groups excluding carboxylic acids is 2. The second-order valence-electron chi connectivity index (χ2n) is 6.75. The Morgan fingerprint density at radius 1 is 1.09 bits per heavy atom. The Bertz CT molecular complexity index is 1200. The van der Waals surface area contributed by atoms with Crippen LogP contribution in [-0.4, -0.2) is 33.2 Å². The van der Waals surface area contributed by atoms with E-state index in [0.717, 1.165) is 11.3 Å². The summed E-state index contributed by atoms with van der Waals surface area (Å²) in [6.45, 7) is -0.158. The van der Waals surface area contributed by atoms with Gasteiger partial charge in [0.05, 0.1) is 18.5 Å². The van der Waals surface area contributed by atoms with Gasteiger partial charge in [-0.25, -0.2) is 9.48 Å². The summed E-state index contributed by atoms with van der Waals surface area (Å²) in [5, 5.41) is 7.26. The first-order valence-corrected chi connectivity index (χ1v) is 9.88. The summed E-state index contributed by atoms with van der Waals surface area (Å²) in [6.07, 6.45) is 9.60. The zero-order valence-corrected chi connectivity index (χ0v) is 17.0. The van der Waals surface area contributed by atoms with Crippen LogP contribution >= 0.6 is 0 Å². The molecule has 8 nitrogen and oxygen atoms in total. The average molecular weight is 428 g/mol. The summed E-state index contributed by atoms with van der Waals surface area (Å²) < 4.78 is 11.9. The molecule has 32 heavy (non-hydrogen) atoms. The molecule has 0 aliphatic rings. The molecule has 0 radical (unpaired) electrons. The van der Waals surface area contributed by atoms with Crippen molar-refractivity contribution in [2.45, 2.75) is 6.54 Å². The SMILES string of the molecule is O=C(COC(=O)/C=C/c1cn(-c2ccccc2)nc1-c1cccnc1)NCc1ccco1. The molecule has 0 atom stereocenters. The number of aromatic nitrogens is 3. The zero-order valence-electron chi connectivity index (χ0n) is 17.0. The van der Waals surface area contributed by atoms with Crippen LogP contribution in [0.25, 0.3) is 23.0 Å². The second kappa shape index (κ2) is 10.0. The molecule has 1 aromatic carbocycles. The monoisotopic (exact) mass is 428 g/mol. The van der Waals surface area contributed by atoms with Crippen LogP contribution in [0.5, 0.6) is 0 Å². The number of rotatable bonds is 8. The van der Waals surface area contributed by atoms with Gasteiger partial charge >= 0.3 is 5.97 Å². The molecule has 3 aromatic heterocycles. The number of carbonyl (C=O) groups is 2. The quantitative estimate of drug-likeness (QED) is 0.341. The number of nitrogens with zero attached hydrogens (tertiary/aromatic N) is 3. The zero-order chi connectivity index (χ0) is 22.2. The van der Waals surface area contributed by atoms with Crippen LogP contribution in [-0.2, 0) is 20.9 Å². The Morgan fingerprint density at radius 3 is 2.72 bits per heavy atom. The Hall–Kier alpha value is -4.46. The molecular formula is C24H20N4O4. The summed E-state index contributed by atoms with van der Waals surface area (Å²) in [5.74, 6) is -0.443. The fourth-order valence-electron chi connectivity index (χ4n) is 2.94. The number of pyridine rings is 1. The number of amides is 1. The van der Waals surface area contributed by atoms with Crippen molar-refractivity contribution >= 4 is 18.0 Å². The normalized spacial score (nSPS) is 10.9. The molecule has 1 amide bonds. The van der Waals surface area contributed by atoms with Crippen molar-refractivity contribution in [2.24, 2.45) is 0 Å². The van der Waals surface area contributed by atoms with E-state index in [-0.39, 0.29) is 13.2 Å². The Balaban J connectivity index is 1.43. The topological polar surface area (TPSA) is 99.3 Å². The molecule has 8 heteroatoms. The van der Waals surface area contributed by atoms with Crippen LogP contribution in [0, 0.1) is 0 Å². The number of hydrogen-bond acceptors (Lipinski definition) is 6. The van der Waals surface area contributed by atoms with E-state index in [0.29, 0.717) is 17.0 Å². The molecule has 3 heterocycles. The van der Waals surface area contributed by atoms with E-state index < -0.39 is 11.9 Å². The van der Waals surface area contributed by atoms with Crippen LogP contribution < -0.4 is 5.32 Å². The van der Waals surface area contributed by atoms with E-state index in [2.05, 4.69) is 15.4 Å². The molecule has 0 unspecified atom stereocenters. The third-order valence-electron chi connectivity index (χ3n) is 4.48. The molecule has 0 spiro atoms. The second-order valence-corrected chi connectivity index (χ2v) is 6.75. The van der Waals surface area contributed by atoms with Crippen molar-refractivity contribution in [3.8, 4) is 16.9 Å². The van der Waals surface area contributed by atoms with Crippen LogP contribution in [0.2, 0.25) is 0 Å². The van der Waals surface area contributed by atoms with E-state index in [4.69, 9.17) is 9.15 Å². The van der Waals surface area contributed by atoms with Gasteiger partial charge in [0.2, 0.25) is 0 Å². The minimum Gasteiger partial charge on any atom is -0.467 e. The highest BCUT2D eigenvalue weighted by Crippen LogP contribution is 2.24. The smallest absolute Gasteiger partial charge is 0.331 e. The minimum atomic E-state index is -0.636. The molecule has 0 aliphatic carbocycles. The van der Waals surface area contributed by atoms with Gasteiger partial charge in [-0.05, 0) is 42.5 Å². The third kappa shape index (κ3) is 5.37. The first kappa shape index (κ1) is 20.8. The number of ether oxygens (including phenoxy) is 1. The molecule has 4 rings (SSSR count). The van der Waals surface area contributed by atoms with Crippen molar-refractivity contribution in [1.29, 1.82) is 0 Å². The van der Waals surface area contributed by atoms with E-state index in [1.54, 1.807) is 35.3 Å². The molecule has 0 saturated carbocycles. The highest BCUT2D eigenvalue weighted by Gasteiger charge is 2.12. The molecular weight excluding hydrogens is 408 g/mol. The maximum Gasteiger partial charge on any atom is 0.331 e. The van der Waals surface area contributed by atoms with Gasteiger partial charge in [0.25, 0.3) is 5.91 Å². The van der Waals surface area contributed by atoms with Crippen LogP contribution in [0.1, 0.15) is 11.3 Å². The van der Waals surface area contributed by atoms with E-state index in [1.165, 1.54) is 12.3 Å². The van der Waals surface area contributed by atoms with Crippen molar-refractivity contribution in [3.05, 3.63) is 96.9 Å². The lowest BCUT2D eigenvalue weighted by Crippen LogP contribution is -2.27. The Kier molecular flexibility index (Phi) is 6.52. The van der Waals surface area contributed by atoms with Gasteiger partial charge in [-0.1, -0.05) is 18.2 Å². The first-order valence-electron chi connectivity index (χ1n) is 9.88. The fourth-order valence-corrected chi connectivity index (χ4v) is 2.94. The van der Waals surface area contributed by atoms with Gasteiger partial charge in [-0.15, -0.1) is 0 Å². The molecule has 0 aliphatic heterocycles. The maximum atomic E-state index is 12.1. The van der Waals surface area contributed by atoms with Crippen LogP contribution in [0.4, 0.5) is 0 Å². The van der Waals surface area contributed by atoms with E-state index >= 15 is 0 Å². The predicted molar refractivity (Wildman–Crippen MR) is 117 cm³/mol. The predicted octanol–water partition coefficient (Wildman–Crippen LogP) is 3.40. The number of nitrogens with one attached hydrogen (secondary N) is 1. The summed E-state index contributed by atoms with van der Waals surface area (Å²) in [5.41, 5.74) is 3.07. The maximum absolute atomic E-state index is 12.1. The van der Waals surface area contributed by atoms with Gasteiger partial charge in [0.1, 0.15) is 11.5 Å². The van der Waals surface area contributed by atoms with Crippen molar-refractivity contribution in [2.75, 3.05) is 6.61 Å². The molecule has 0 bridgehead atoms. The highest BCUT2D eigenvalue weighted by molar-refractivity contribution is 5.90. The van der Waals surface area contributed by atoms with Crippen LogP contribution in [0.15, 0.2) is 89.9 Å². The molecule has 0 saturated heterocycles. The first-order chi connectivity index (χ1) is 15.7. The van der Waals surface area contributed by atoms with Gasteiger partial charge in [-0.3, -0.25) is 9.78 Å². The number of benzene rings is 1. The Labute approximate surface area is 184 Å². The van der Waals surface area contributed by atoms with Gasteiger partial charge in [-0.2, -0.15) is 5.10 Å². The largest absolute Gasteiger partial charge is 0.467 e. The lowest BCUT2D eigenvalue weighted by Gasteiger charge is -2.03. The number of furan rings is 1. The number of hydrogen-bond donors (Lipinski definition) is 1. The lowest BCUT2D eigenvalue weighted by molar-refractivity contribution is -0.143. The van der Waals surface area contributed by atoms with Gasteiger partial charge in [0, 0.05) is 35.8 Å². The molecule has 160 valence electrons. The summed E-state index contributed by atoms with van der Waals surface area (Å²) in [7, 11) is 0. The molecule has 1 N–H and O–H groups in total. The van der Waals surface area contributed by atoms with E-state index in [1.807, 2.05) is 48.7 Å². The molecule has 4 aromatic rings. The fraction of sp³-hybridized carbons (Fsp3) is 0.0833. The van der Waals surface area contributed by atoms with Crippen molar-refractivity contribution in [3.63, 3.8) is 0 Å². The molecule has 0 fully saturated rings. The summed E-state index contributed by atoms with van der Waals surface area (Å²) >= 11 is 0. The average Bonchev–Trinajstić information content (AvgIpc) is 3.51. The number of para-hydroxylation sites is 1. The minimum absolute atomic E-state index is 0.229. The Morgan fingerprint density at radius 2 is 1.97 bits per heavy atom. The van der Waals surface area contributed by atoms with Gasteiger partial charge < -0.3 is 14.5 Å². The van der Waals surface area contributed by atoms with E-state index in [9.17, 15) is 9.59 Å². The highest BCUT2D eigenvalue weighted by atomic mass is 16.5. The number of esters is 1. The van der Waals surface area contributed by atoms with Crippen molar-refractivity contribution in [1.82, 2.24) is 20.1 Å².